The number of anilines is 1. The molecule has 0 radical (unpaired) electrons. The first-order valence-corrected chi connectivity index (χ1v) is 10.7. The normalized spacial score (nSPS) is 15.6. The molecule has 4 rings (SSSR count). The van der Waals surface area contributed by atoms with Crippen molar-refractivity contribution in [1.82, 2.24) is 9.88 Å². The van der Waals surface area contributed by atoms with Gasteiger partial charge in [-0.3, -0.25) is 9.59 Å². The SMILES string of the molecule is Cc1ccc(Oc2ccc(NC(=O)C3CSCN3C(=O)c3ccccc3)cn2)cc1. The van der Waals surface area contributed by atoms with Crippen LogP contribution in [0.5, 0.6) is 11.6 Å². The summed E-state index contributed by atoms with van der Waals surface area (Å²) in [5.74, 6) is 1.83. The van der Waals surface area contributed by atoms with Crippen LogP contribution in [-0.2, 0) is 4.79 Å². The number of carbonyl (C=O) groups is 2. The molecule has 1 unspecified atom stereocenters. The second-order valence-corrected chi connectivity index (χ2v) is 7.95. The lowest BCUT2D eigenvalue weighted by molar-refractivity contribution is -0.119. The highest BCUT2D eigenvalue weighted by Crippen LogP contribution is 2.25. The first kappa shape index (κ1) is 20.0. The lowest BCUT2D eigenvalue weighted by Crippen LogP contribution is -2.44. The van der Waals surface area contributed by atoms with Gasteiger partial charge in [0.05, 0.1) is 17.8 Å². The van der Waals surface area contributed by atoms with Crippen molar-refractivity contribution in [3.05, 3.63) is 84.1 Å². The predicted molar refractivity (Wildman–Crippen MR) is 118 cm³/mol. The number of carbonyl (C=O) groups excluding carboxylic acids is 2. The molecule has 0 spiro atoms. The summed E-state index contributed by atoms with van der Waals surface area (Å²) in [6, 6.07) is 19.6. The summed E-state index contributed by atoms with van der Waals surface area (Å²) in [7, 11) is 0. The molecular weight excluding hydrogens is 398 g/mol. The molecule has 2 heterocycles. The lowest BCUT2D eigenvalue weighted by Gasteiger charge is -2.23. The fraction of sp³-hybridized carbons (Fsp3) is 0.174. The van der Waals surface area contributed by atoms with Gasteiger partial charge in [0.15, 0.2) is 0 Å². The number of thioether (sulfide) groups is 1. The monoisotopic (exact) mass is 419 g/mol. The summed E-state index contributed by atoms with van der Waals surface area (Å²) in [6.45, 7) is 2.01. The fourth-order valence-corrected chi connectivity index (χ4v) is 4.23. The highest BCUT2D eigenvalue weighted by Gasteiger charge is 2.35. The molecule has 1 aromatic heterocycles. The van der Waals surface area contributed by atoms with Gasteiger partial charge in [0.1, 0.15) is 11.8 Å². The van der Waals surface area contributed by atoms with Crippen molar-refractivity contribution in [3.8, 4) is 11.6 Å². The quantitative estimate of drug-likeness (QED) is 0.666. The lowest BCUT2D eigenvalue weighted by atomic mass is 10.1. The number of hydrogen-bond acceptors (Lipinski definition) is 5. The summed E-state index contributed by atoms with van der Waals surface area (Å²) in [6.07, 6.45) is 1.55. The smallest absolute Gasteiger partial charge is 0.255 e. The van der Waals surface area contributed by atoms with E-state index in [1.54, 1.807) is 47.1 Å². The summed E-state index contributed by atoms with van der Waals surface area (Å²) in [4.78, 5) is 31.4. The number of benzene rings is 2. The minimum absolute atomic E-state index is 0.138. The van der Waals surface area contributed by atoms with Crippen LogP contribution >= 0.6 is 11.8 Å². The van der Waals surface area contributed by atoms with E-state index in [0.717, 1.165) is 5.56 Å². The largest absolute Gasteiger partial charge is 0.439 e. The van der Waals surface area contributed by atoms with Crippen LogP contribution in [-0.4, -0.2) is 39.4 Å². The molecule has 152 valence electrons. The van der Waals surface area contributed by atoms with Crippen LogP contribution < -0.4 is 10.1 Å². The van der Waals surface area contributed by atoms with E-state index in [4.69, 9.17) is 4.74 Å². The Labute approximate surface area is 179 Å². The van der Waals surface area contributed by atoms with Crippen LogP contribution in [0.3, 0.4) is 0 Å². The van der Waals surface area contributed by atoms with Crippen LogP contribution in [0.25, 0.3) is 0 Å². The van der Waals surface area contributed by atoms with Crippen molar-refractivity contribution in [2.24, 2.45) is 0 Å². The van der Waals surface area contributed by atoms with Gasteiger partial charge in [-0.25, -0.2) is 4.98 Å². The standard InChI is InChI=1S/C23H21N3O3S/c1-16-7-10-19(11-8-16)29-21-12-9-18(13-24-21)25-22(27)20-14-30-15-26(20)23(28)17-5-3-2-4-6-17/h2-13,20H,14-15H2,1H3,(H,25,27). The minimum atomic E-state index is -0.522. The Morgan fingerprint density at radius 2 is 1.83 bits per heavy atom. The number of amides is 2. The first-order valence-electron chi connectivity index (χ1n) is 9.55. The van der Waals surface area contributed by atoms with Crippen LogP contribution in [0.1, 0.15) is 15.9 Å². The Balaban J connectivity index is 1.39. The zero-order valence-electron chi connectivity index (χ0n) is 16.4. The number of aromatic nitrogens is 1. The maximum atomic E-state index is 12.8. The molecule has 1 N–H and O–H groups in total. The summed E-state index contributed by atoms with van der Waals surface area (Å²) >= 11 is 1.57. The van der Waals surface area contributed by atoms with Crippen LogP contribution in [0.2, 0.25) is 0 Å². The molecule has 0 saturated carbocycles. The van der Waals surface area contributed by atoms with Crippen LogP contribution in [0, 0.1) is 6.92 Å². The Kier molecular flexibility index (Phi) is 5.99. The van der Waals surface area contributed by atoms with Crippen LogP contribution in [0.4, 0.5) is 5.69 Å². The molecule has 0 aliphatic carbocycles. The molecule has 2 amide bonds. The Morgan fingerprint density at radius 1 is 1.07 bits per heavy atom. The summed E-state index contributed by atoms with van der Waals surface area (Å²) < 4.78 is 5.71. The minimum Gasteiger partial charge on any atom is -0.439 e. The molecule has 6 nitrogen and oxygen atoms in total. The van der Waals surface area contributed by atoms with E-state index in [-0.39, 0.29) is 11.8 Å². The maximum Gasteiger partial charge on any atom is 0.255 e. The van der Waals surface area contributed by atoms with E-state index < -0.39 is 6.04 Å². The van der Waals surface area contributed by atoms with Gasteiger partial charge in [-0.15, -0.1) is 11.8 Å². The molecule has 1 aliphatic rings. The maximum absolute atomic E-state index is 12.8. The van der Waals surface area contributed by atoms with Gasteiger partial charge in [0.2, 0.25) is 11.8 Å². The molecule has 0 bridgehead atoms. The Hall–Kier alpha value is -3.32. The van der Waals surface area contributed by atoms with Crippen molar-refractivity contribution in [1.29, 1.82) is 0 Å². The van der Waals surface area contributed by atoms with Gasteiger partial charge in [-0.05, 0) is 37.3 Å². The zero-order valence-corrected chi connectivity index (χ0v) is 17.3. The van der Waals surface area contributed by atoms with Gasteiger partial charge in [-0.1, -0.05) is 35.9 Å². The van der Waals surface area contributed by atoms with Gasteiger partial charge in [0.25, 0.3) is 5.91 Å². The molecule has 7 heteroatoms. The third-order valence-corrected chi connectivity index (χ3v) is 5.73. The molecule has 1 aliphatic heterocycles. The molecule has 1 fully saturated rings. The number of nitrogens with one attached hydrogen (secondary N) is 1. The van der Waals surface area contributed by atoms with Gasteiger partial charge in [-0.2, -0.15) is 0 Å². The highest BCUT2D eigenvalue weighted by atomic mass is 32.2. The predicted octanol–water partition coefficient (Wildman–Crippen LogP) is 4.34. The number of hydrogen-bond donors (Lipinski definition) is 1. The van der Waals surface area contributed by atoms with E-state index in [9.17, 15) is 9.59 Å². The number of ether oxygens (including phenoxy) is 1. The van der Waals surface area contributed by atoms with E-state index >= 15 is 0 Å². The molecule has 1 saturated heterocycles. The number of nitrogens with zero attached hydrogens (tertiary/aromatic N) is 2. The van der Waals surface area contributed by atoms with Crippen molar-refractivity contribution >= 4 is 29.3 Å². The fourth-order valence-electron chi connectivity index (χ4n) is 3.07. The van der Waals surface area contributed by atoms with Crippen LogP contribution in [0.15, 0.2) is 72.9 Å². The van der Waals surface area contributed by atoms with Crippen molar-refractivity contribution in [2.75, 3.05) is 16.9 Å². The third kappa shape index (κ3) is 4.63. The second-order valence-electron chi connectivity index (χ2n) is 6.95. The number of aryl methyl sites for hydroxylation is 1. The Morgan fingerprint density at radius 3 is 2.53 bits per heavy atom. The zero-order chi connectivity index (χ0) is 20.9. The Bertz CT molecular complexity index is 1020. The third-order valence-electron chi connectivity index (χ3n) is 4.71. The molecule has 1 atom stereocenters. The summed E-state index contributed by atoms with van der Waals surface area (Å²) in [5.41, 5.74) is 2.29. The topological polar surface area (TPSA) is 71.5 Å². The summed E-state index contributed by atoms with van der Waals surface area (Å²) in [5, 5.41) is 2.85. The average Bonchev–Trinajstić information content (AvgIpc) is 3.27. The first-order chi connectivity index (χ1) is 14.6. The van der Waals surface area contributed by atoms with Gasteiger partial charge in [0, 0.05) is 17.4 Å². The molecule has 2 aromatic carbocycles. The van der Waals surface area contributed by atoms with Crippen molar-refractivity contribution in [2.45, 2.75) is 13.0 Å². The average molecular weight is 420 g/mol. The van der Waals surface area contributed by atoms with Crippen molar-refractivity contribution < 1.29 is 14.3 Å². The number of rotatable bonds is 5. The van der Waals surface area contributed by atoms with E-state index in [0.29, 0.717) is 34.5 Å². The second kappa shape index (κ2) is 9.00. The van der Waals surface area contributed by atoms with Gasteiger partial charge >= 0.3 is 0 Å². The molecular formula is C23H21N3O3S. The van der Waals surface area contributed by atoms with E-state index in [1.165, 1.54) is 0 Å². The van der Waals surface area contributed by atoms with E-state index in [1.807, 2.05) is 49.4 Å². The van der Waals surface area contributed by atoms with Gasteiger partial charge < -0.3 is 15.0 Å². The highest BCUT2D eigenvalue weighted by molar-refractivity contribution is 7.99. The molecule has 3 aromatic rings. The van der Waals surface area contributed by atoms with E-state index in [2.05, 4.69) is 10.3 Å². The number of pyridine rings is 1. The van der Waals surface area contributed by atoms with Crippen molar-refractivity contribution in [3.63, 3.8) is 0 Å². The molecule has 30 heavy (non-hydrogen) atoms.